The normalized spacial score (nSPS) is 18.9. The van der Waals surface area contributed by atoms with E-state index < -0.39 is 0 Å². The van der Waals surface area contributed by atoms with Crippen LogP contribution in [0, 0.1) is 5.92 Å². The van der Waals surface area contributed by atoms with Crippen LogP contribution in [0.15, 0.2) is 36.4 Å². The lowest BCUT2D eigenvalue weighted by molar-refractivity contribution is -0.0332. The Labute approximate surface area is 222 Å². The first kappa shape index (κ1) is 27.0. The number of carbonyl (C=O) groups is 2. The number of nitrogens with one attached hydrogen (secondary N) is 1. The van der Waals surface area contributed by atoms with Gasteiger partial charge in [0.15, 0.2) is 0 Å². The van der Waals surface area contributed by atoms with E-state index in [-0.39, 0.29) is 17.9 Å². The van der Waals surface area contributed by atoms with E-state index in [1.807, 2.05) is 29.2 Å². The predicted octanol–water partition coefficient (Wildman–Crippen LogP) is 2.92. The lowest BCUT2D eigenvalue weighted by Gasteiger charge is -2.38. The molecule has 10 heteroatoms. The van der Waals surface area contributed by atoms with Gasteiger partial charge >= 0.3 is 0 Å². The summed E-state index contributed by atoms with van der Waals surface area (Å²) in [4.78, 5) is 29.9. The number of anilines is 1. The molecule has 0 saturated carbocycles. The molecule has 2 fully saturated rings. The Morgan fingerprint density at radius 2 is 1.84 bits per heavy atom. The number of piperidine rings is 1. The molecule has 2 saturated heterocycles. The van der Waals surface area contributed by atoms with Crippen molar-refractivity contribution in [2.45, 2.75) is 18.9 Å². The number of amides is 2. The van der Waals surface area contributed by atoms with E-state index in [0.717, 1.165) is 51.3 Å². The Morgan fingerprint density at radius 3 is 2.51 bits per heavy atom. The molecule has 0 bridgehead atoms. The number of halogens is 1. The van der Waals surface area contributed by atoms with Crippen molar-refractivity contribution in [3.63, 3.8) is 0 Å². The lowest BCUT2D eigenvalue weighted by Crippen LogP contribution is -2.50. The Bertz CT molecular complexity index is 1090. The van der Waals surface area contributed by atoms with Gasteiger partial charge in [-0.3, -0.25) is 14.5 Å². The molecule has 0 spiro atoms. The molecule has 2 amide bonds. The zero-order chi connectivity index (χ0) is 26.4. The minimum Gasteiger partial charge on any atom is -0.497 e. The topological polar surface area (TPSA) is 106 Å². The lowest BCUT2D eigenvalue weighted by atomic mass is 9.95. The summed E-state index contributed by atoms with van der Waals surface area (Å²) in [5.74, 6) is 1.43. The highest BCUT2D eigenvalue weighted by molar-refractivity contribution is 6.33. The third kappa shape index (κ3) is 6.85. The van der Waals surface area contributed by atoms with Crippen LogP contribution in [-0.2, 0) is 4.74 Å². The molecular weight excluding hydrogens is 496 g/mol. The van der Waals surface area contributed by atoms with Crippen molar-refractivity contribution in [2.75, 3.05) is 65.8 Å². The number of carbonyl (C=O) groups excluding carboxylic acids is 2. The zero-order valence-corrected chi connectivity index (χ0v) is 22.1. The third-order valence-corrected chi connectivity index (χ3v) is 7.36. The van der Waals surface area contributed by atoms with Gasteiger partial charge in [0.25, 0.3) is 11.8 Å². The van der Waals surface area contributed by atoms with Gasteiger partial charge in [0.05, 0.1) is 43.2 Å². The number of nitrogens with zero attached hydrogens (tertiary/aromatic N) is 2. The van der Waals surface area contributed by atoms with E-state index in [1.54, 1.807) is 13.2 Å². The molecular formula is C27H35ClN4O5. The van der Waals surface area contributed by atoms with Gasteiger partial charge in [-0.25, -0.2) is 0 Å². The molecule has 3 N–H and O–H groups in total. The Kier molecular flexibility index (Phi) is 9.13. The predicted molar refractivity (Wildman–Crippen MR) is 143 cm³/mol. The summed E-state index contributed by atoms with van der Waals surface area (Å²) >= 11 is 6.10. The van der Waals surface area contributed by atoms with Crippen molar-refractivity contribution >= 4 is 29.1 Å². The largest absolute Gasteiger partial charge is 0.497 e. The highest BCUT2D eigenvalue weighted by Gasteiger charge is 2.28. The molecule has 2 aromatic carbocycles. The second kappa shape index (κ2) is 12.5. The minimum atomic E-state index is -0.284. The summed E-state index contributed by atoms with van der Waals surface area (Å²) < 4.78 is 16.4. The zero-order valence-electron chi connectivity index (χ0n) is 21.4. The summed E-state index contributed by atoms with van der Waals surface area (Å²) in [6.45, 7) is 5.07. The first-order chi connectivity index (χ1) is 17.9. The molecule has 0 aliphatic carbocycles. The first-order valence-electron chi connectivity index (χ1n) is 12.6. The van der Waals surface area contributed by atoms with Crippen molar-refractivity contribution in [2.24, 2.45) is 5.92 Å². The quantitative estimate of drug-likeness (QED) is 0.505. The van der Waals surface area contributed by atoms with Crippen LogP contribution in [0.2, 0.25) is 5.02 Å². The summed E-state index contributed by atoms with van der Waals surface area (Å²) in [5.41, 5.74) is 7.20. The molecule has 2 aliphatic rings. The van der Waals surface area contributed by atoms with Crippen LogP contribution in [0.3, 0.4) is 0 Å². The number of methoxy groups -OCH3 is 2. The molecule has 4 rings (SSSR count). The molecule has 9 nitrogen and oxygen atoms in total. The van der Waals surface area contributed by atoms with Crippen LogP contribution in [0.1, 0.15) is 33.6 Å². The maximum Gasteiger partial charge on any atom is 0.255 e. The van der Waals surface area contributed by atoms with Gasteiger partial charge in [-0.2, -0.15) is 0 Å². The van der Waals surface area contributed by atoms with Crippen LogP contribution < -0.4 is 20.5 Å². The minimum absolute atomic E-state index is 0.0716. The van der Waals surface area contributed by atoms with Crippen LogP contribution in [0.5, 0.6) is 11.5 Å². The van der Waals surface area contributed by atoms with Gasteiger partial charge in [-0.1, -0.05) is 11.6 Å². The van der Waals surface area contributed by atoms with Crippen molar-refractivity contribution < 1.29 is 23.8 Å². The number of benzene rings is 2. The Hall–Kier alpha value is -3.01. The second-order valence-corrected chi connectivity index (χ2v) is 9.91. The van der Waals surface area contributed by atoms with Crippen molar-refractivity contribution in [1.82, 2.24) is 15.1 Å². The average Bonchev–Trinajstić information content (AvgIpc) is 2.93. The van der Waals surface area contributed by atoms with Crippen LogP contribution >= 0.6 is 11.6 Å². The second-order valence-electron chi connectivity index (χ2n) is 9.50. The van der Waals surface area contributed by atoms with E-state index in [1.165, 1.54) is 13.2 Å². The molecule has 1 unspecified atom stereocenters. The monoisotopic (exact) mass is 530 g/mol. The maximum atomic E-state index is 12.8. The van der Waals surface area contributed by atoms with Gasteiger partial charge < -0.3 is 30.2 Å². The van der Waals surface area contributed by atoms with Crippen LogP contribution in [0.25, 0.3) is 0 Å². The number of likely N-dealkylation sites (tertiary alicyclic amines) is 1. The number of hydrogen-bond acceptors (Lipinski definition) is 7. The van der Waals surface area contributed by atoms with Crippen molar-refractivity contribution in [3.05, 3.63) is 52.5 Å². The summed E-state index contributed by atoms with van der Waals surface area (Å²) in [6.07, 6.45) is 1.83. The highest BCUT2D eigenvalue weighted by atomic mass is 35.5. The SMILES string of the molecule is COc1ccc(C(=O)N2CCC(CN3CCOC(CNC(=O)c4cc(Cl)c(N)cc4OC)C3)CC2)cc1. The van der Waals surface area contributed by atoms with Crippen molar-refractivity contribution in [3.8, 4) is 11.5 Å². The molecule has 0 radical (unpaired) electrons. The fraction of sp³-hybridized carbons (Fsp3) is 0.481. The van der Waals surface area contributed by atoms with Crippen LogP contribution in [0.4, 0.5) is 5.69 Å². The fourth-order valence-electron chi connectivity index (χ4n) is 4.89. The number of rotatable bonds is 8. The molecule has 2 aliphatic heterocycles. The molecule has 37 heavy (non-hydrogen) atoms. The van der Waals surface area contributed by atoms with Gasteiger partial charge in [0, 0.05) is 50.9 Å². The van der Waals surface area contributed by atoms with E-state index in [2.05, 4.69) is 10.2 Å². The van der Waals surface area contributed by atoms with Crippen molar-refractivity contribution in [1.29, 1.82) is 0 Å². The van der Waals surface area contributed by atoms with Gasteiger partial charge in [0.2, 0.25) is 0 Å². The maximum absolute atomic E-state index is 12.8. The molecule has 200 valence electrons. The molecule has 1 atom stereocenters. The number of hydrogen-bond donors (Lipinski definition) is 2. The summed E-state index contributed by atoms with van der Waals surface area (Å²) in [5, 5.41) is 3.24. The van der Waals surface area contributed by atoms with Gasteiger partial charge in [-0.05, 0) is 49.1 Å². The molecule has 0 aromatic heterocycles. The van der Waals surface area contributed by atoms with E-state index >= 15 is 0 Å². The van der Waals surface area contributed by atoms with E-state index in [4.69, 9.17) is 31.5 Å². The van der Waals surface area contributed by atoms with Gasteiger partial charge in [0.1, 0.15) is 11.5 Å². The Morgan fingerprint density at radius 1 is 1.11 bits per heavy atom. The number of nitrogens with two attached hydrogens (primary N) is 1. The number of ether oxygens (including phenoxy) is 3. The Balaban J connectivity index is 1.23. The fourth-order valence-corrected chi connectivity index (χ4v) is 5.05. The van der Waals surface area contributed by atoms with E-state index in [9.17, 15) is 9.59 Å². The highest BCUT2D eigenvalue weighted by Crippen LogP contribution is 2.29. The first-order valence-corrected chi connectivity index (χ1v) is 12.9. The molecule has 2 heterocycles. The van der Waals surface area contributed by atoms with Crippen LogP contribution in [-0.4, -0.2) is 87.8 Å². The number of nitrogen functional groups attached to an aromatic ring is 1. The molecule has 2 aromatic rings. The smallest absolute Gasteiger partial charge is 0.255 e. The summed E-state index contributed by atoms with van der Waals surface area (Å²) in [6, 6.07) is 10.3. The standard InChI is InChI=1S/C27H35ClN4O5/c1-35-20-5-3-19(4-6-20)27(34)32-9-7-18(8-10-32)16-31-11-12-37-21(17-31)15-30-26(33)22-13-23(28)24(29)14-25(22)36-2/h3-6,13-14,18,21H,7-12,15-17,29H2,1-2H3,(H,30,33). The number of morpholine rings is 1. The summed E-state index contributed by atoms with van der Waals surface area (Å²) in [7, 11) is 3.10. The van der Waals surface area contributed by atoms with Gasteiger partial charge in [-0.15, -0.1) is 0 Å². The third-order valence-electron chi connectivity index (χ3n) is 7.03. The average molecular weight is 531 g/mol. The van der Waals surface area contributed by atoms with E-state index in [0.29, 0.717) is 46.7 Å².